The van der Waals surface area contributed by atoms with Crippen molar-refractivity contribution in [3.05, 3.63) is 35.1 Å². The van der Waals surface area contributed by atoms with Crippen LogP contribution in [0.25, 0.3) is 0 Å². The molecular formula is C15H21F3N2O. The molecule has 1 aromatic rings. The Labute approximate surface area is 123 Å². The molecule has 1 N–H and O–H groups in total. The third kappa shape index (κ3) is 3.96. The molecule has 3 nitrogen and oxygen atoms in total. The molecule has 118 valence electrons. The van der Waals surface area contributed by atoms with Gasteiger partial charge in [0.1, 0.15) is 0 Å². The van der Waals surface area contributed by atoms with Gasteiger partial charge in [0.05, 0.1) is 6.61 Å². The largest absolute Gasteiger partial charge is 0.395 e. The van der Waals surface area contributed by atoms with E-state index in [4.69, 9.17) is 0 Å². The lowest BCUT2D eigenvalue weighted by Crippen LogP contribution is -2.50. The van der Waals surface area contributed by atoms with E-state index in [0.717, 1.165) is 44.7 Å². The first-order valence-corrected chi connectivity index (χ1v) is 7.25. The van der Waals surface area contributed by atoms with Crippen molar-refractivity contribution < 1.29 is 18.3 Å². The summed E-state index contributed by atoms with van der Waals surface area (Å²) in [7, 11) is 0. The van der Waals surface area contributed by atoms with Gasteiger partial charge in [0.2, 0.25) is 0 Å². The van der Waals surface area contributed by atoms with Crippen molar-refractivity contribution in [1.82, 2.24) is 9.80 Å². The third-order valence-electron chi connectivity index (χ3n) is 4.06. The van der Waals surface area contributed by atoms with Gasteiger partial charge in [-0.05, 0) is 24.1 Å². The second-order valence-corrected chi connectivity index (χ2v) is 5.43. The van der Waals surface area contributed by atoms with Crippen molar-refractivity contribution in [3.63, 3.8) is 0 Å². The van der Waals surface area contributed by atoms with Crippen LogP contribution in [0.15, 0.2) is 12.1 Å². The molecule has 1 heterocycles. The Morgan fingerprint density at radius 2 is 1.67 bits per heavy atom. The zero-order valence-corrected chi connectivity index (χ0v) is 12.2. The van der Waals surface area contributed by atoms with Crippen LogP contribution in [0.2, 0.25) is 0 Å². The summed E-state index contributed by atoms with van der Waals surface area (Å²) in [5.74, 6) is -3.71. The first kappa shape index (κ1) is 16.3. The maximum absolute atomic E-state index is 13.2. The van der Waals surface area contributed by atoms with Crippen LogP contribution in [-0.4, -0.2) is 53.7 Å². The summed E-state index contributed by atoms with van der Waals surface area (Å²) in [6.07, 6.45) is 0.894. The number of benzene rings is 1. The maximum atomic E-state index is 13.2. The van der Waals surface area contributed by atoms with Gasteiger partial charge >= 0.3 is 0 Å². The molecule has 0 aromatic heterocycles. The summed E-state index contributed by atoms with van der Waals surface area (Å²) in [5.41, 5.74) is 0.439. The predicted molar refractivity (Wildman–Crippen MR) is 74.3 cm³/mol. The highest BCUT2D eigenvalue weighted by atomic mass is 19.2. The summed E-state index contributed by atoms with van der Waals surface area (Å²) < 4.78 is 39.3. The number of aliphatic hydroxyl groups is 1. The molecule has 1 saturated heterocycles. The average Bonchev–Trinajstić information content (AvgIpc) is 2.47. The normalized spacial score (nSPS) is 18.9. The smallest absolute Gasteiger partial charge is 0.194 e. The van der Waals surface area contributed by atoms with Crippen LogP contribution >= 0.6 is 0 Å². The number of halogens is 3. The van der Waals surface area contributed by atoms with Gasteiger partial charge in [-0.1, -0.05) is 6.92 Å². The minimum atomic E-state index is -1.42. The lowest BCUT2D eigenvalue weighted by atomic mass is 10.1. The minimum absolute atomic E-state index is 0.144. The minimum Gasteiger partial charge on any atom is -0.395 e. The molecule has 2 rings (SSSR count). The van der Waals surface area contributed by atoms with E-state index in [1.165, 1.54) is 0 Å². The van der Waals surface area contributed by atoms with Crippen LogP contribution < -0.4 is 0 Å². The standard InChI is InChI=1S/C15H21F3N2O/c1-2-12(10-21)20-5-3-19(4-6-20)9-11-7-13(16)15(18)14(17)8-11/h7-8,12,21H,2-6,9-10H2,1H3. The SMILES string of the molecule is CCC(CO)N1CCN(Cc2cc(F)c(F)c(F)c2)CC1. The molecule has 0 amide bonds. The molecule has 1 atom stereocenters. The molecule has 0 bridgehead atoms. The summed E-state index contributed by atoms with van der Waals surface area (Å²) in [4.78, 5) is 4.30. The Balaban J connectivity index is 1.92. The van der Waals surface area contributed by atoms with E-state index in [0.29, 0.717) is 12.1 Å². The summed E-state index contributed by atoms with van der Waals surface area (Å²) in [6, 6.07) is 2.27. The van der Waals surface area contributed by atoms with Crippen molar-refractivity contribution in [3.8, 4) is 0 Å². The summed E-state index contributed by atoms with van der Waals surface area (Å²) in [5, 5.41) is 9.29. The van der Waals surface area contributed by atoms with Crippen LogP contribution in [0.1, 0.15) is 18.9 Å². The number of aliphatic hydroxyl groups excluding tert-OH is 1. The van der Waals surface area contributed by atoms with E-state index in [9.17, 15) is 18.3 Å². The van der Waals surface area contributed by atoms with Crippen molar-refractivity contribution in [2.75, 3.05) is 32.8 Å². The fraction of sp³-hybridized carbons (Fsp3) is 0.600. The quantitative estimate of drug-likeness (QED) is 0.843. The Bertz CT molecular complexity index is 449. The van der Waals surface area contributed by atoms with E-state index in [2.05, 4.69) is 9.80 Å². The molecule has 1 fully saturated rings. The second-order valence-electron chi connectivity index (χ2n) is 5.43. The third-order valence-corrected chi connectivity index (χ3v) is 4.06. The van der Waals surface area contributed by atoms with E-state index in [-0.39, 0.29) is 12.6 Å². The van der Waals surface area contributed by atoms with Crippen LogP contribution in [-0.2, 0) is 6.54 Å². The number of piperazine rings is 1. The molecule has 0 radical (unpaired) electrons. The van der Waals surface area contributed by atoms with Gasteiger partial charge < -0.3 is 5.11 Å². The Morgan fingerprint density at radius 1 is 1.10 bits per heavy atom. The lowest BCUT2D eigenvalue weighted by Gasteiger charge is -2.38. The van der Waals surface area contributed by atoms with Gasteiger partial charge in [0.25, 0.3) is 0 Å². The van der Waals surface area contributed by atoms with Gasteiger partial charge in [-0.3, -0.25) is 9.80 Å². The van der Waals surface area contributed by atoms with Crippen LogP contribution in [0.3, 0.4) is 0 Å². The number of hydrogen-bond donors (Lipinski definition) is 1. The molecule has 1 aliphatic rings. The maximum Gasteiger partial charge on any atom is 0.194 e. The monoisotopic (exact) mass is 302 g/mol. The van der Waals surface area contributed by atoms with Crippen LogP contribution in [0, 0.1) is 17.5 Å². The fourth-order valence-corrected chi connectivity index (χ4v) is 2.75. The van der Waals surface area contributed by atoms with Gasteiger partial charge in [0, 0.05) is 38.8 Å². The van der Waals surface area contributed by atoms with Crippen molar-refractivity contribution in [2.45, 2.75) is 25.9 Å². The average molecular weight is 302 g/mol. The van der Waals surface area contributed by atoms with Crippen molar-refractivity contribution >= 4 is 0 Å². The van der Waals surface area contributed by atoms with E-state index < -0.39 is 17.5 Å². The van der Waals surface area contributed by atoms with Crippen LogP contribution in [0.4, 0.5) is 13.2 Å². The molecule has 21 heavy (non-hydrogen) atoms. The molecule has 6 heteroatoms. The van der Waals surface area contributed by atoms with Gasteiger partial charge in [0.15, 0.2) is 17.5 Å². The number of rotatable bonds is 5. The lowest BCUT2D eigenvalue weighted by molar-refractivity contribution is 0.0607. The van der Waals surface area contributed by atoms with Gasteiger partial charge in [-0.25, -0.2) is 13.2 Å². The van der Waals surface area contributed by atoms with E-state index >= 15 is 0 Å². The Hall–Kier alpha value is -1.11. The highest BCUT2D eigenvalue weighted by Crippen LogP contribution is 2.17. The van der Waals surface area contributed by atoms with Gasteiger partial charge in [-0.2, -0.15) is 0 Å². The molecule has 0 spiro atoms. The first-order chi connectivity index (χ1) is 10.0. The summed E-state index contributed by atoms with van der Waals surface area (Å²) >= 11 is 0. The number of hydrogen-bond acceptors (Lipinski definition) is 3. The van der Waals surface area contributed by atoms with Crippen LogP contribution in [0.5, 0.6) is 0 Å². The highest BCUT2D eigenvalue weighted by Gasteiger charge is 2.22. The van der Waals surface area contributed by atoms with E-state index in [1.807, 2.05) is 6.92 Å². The Morgan fingerprint density at radius 3 is 2.14 bits per heavy atom. The molecule has 0 aliphatic carbocycles. The topological polar surface area (TPSA) is 26.7 Å². The summed E-state index contributed by atoms with van der Waals surface area (Å²) in [6.45, 7) is 5.73. The predicted octanol–water partition coefficient (Wildman–Crippen LogP) is 1.99. The fourth-order valence-electron chi connectivity index (χ4n) is 2.75. The molecule has 1 aliphatic heterocycles. The highest BCUT2D eigenvalue weighted by molar-refractivity contribution is 5.19. The first-order valence-electron chi connectivity index (χ1n) is 7.25. The zero-order chi connectivity index (χ0) is 15.4. The molecule has 1 aromatic carbocycles. The molecular weight excluding hydrogens is 281 g/mol. The molecule has 0 saturated carbocycles. The van der Waals surface area contributed by atoms with Crippen molar-refractivity contribution in [2.24, 2.45) is 0 Å². The molecule has 1 unspecified atom stereocenters. The number of nitrogens with zero attached hydrogens (tertiary/aromatic N) is 2. The zero-order valence-electron chi connectivity index (χ0n) is 12.2. The Kier molecular flexibility index (Phi) is 5.61. The van der Waals surface area contributed by atoms with E-state index in [1.54, 1.807) is 0 Å². The second kappa shape index (κ2) is 7.24. The van der Waals surface area contributed by atoms with Crippen molar-refractivity contribution in [1.29, 1.82) is 0 Å². The van der Waals surface area contributed by atoms with Gasteiger partial charge in [-0.15, -0.1) is 0 Å².